The molecule has 0 heterocycles. The van der Waals surface area contributed by atoms with Crippen LogP contribution in [0.4, 0.5) is 0 Å². The highest BCUT2D eigenvalue weighted by molar-refractivity contribution is 6.41. The van der Waals surface area contributed by atoms with Crippen molar-refractivity contribution in [1.29, 1.82) is 5.41 Å². The molecule has 0 radical (unpaired) electrons. The van der Waals surface area contributed by atoms with Crippen molar-refractivity contribution in [2.75, 3.05) is 13.1 Å². The summed E-state index contributed by atoms with van der Waals surface area (Å²) in [4.78, 5) is 10.8. The lowest BCUT2D eigenvalue weighted by molar-refractivity contribution is -0.114. The highest BCUT2D eigenvalue weighted by Gasteiger charge is 2.02. The molecule has 4 N–H and O–H groups in total. The molecule has 0 unspecified atom stereocenters. The molecule has 0 aromatic rings. The molecule has 0 aromatic heterocycles. The van der Waals surface area contributed by atoms with Gasteiger partial charge < -0.3 is 11.1 Å². The van der Waals surface area contributed by atoms with E-state index in [0.29, 0.717) is 13.1 Å². The Bertz CT molecular complexity index is 165. The maximum Gasteiger partial charge on any atom is 0.269 e. The second-order valence-corrected chi connectivity index (χ2v) is 2.02. The van der Waals surface area contributed by atoms with Crippen molar-refractivity contribution >= 4 is 11.6 Å². The van der Waals surface area contributed by atoms with Gasteiger partial charge in [0.2, 0.25) is 0 Å². The van der Waals surface area contributed by atoms with E-state index in [2.05, 4.69) is 11.9 Å². The van der Waals surface area contributed by atoms with Crippen LogP contribution in [0.1, 0.15) is 6.42 Å². The van der Waals surface area contributed by atoms with Gasteiger partial charge in [0.25, 0.3) is 5.91 Å². The number of hydrogen-bond acceptors (Lipinski definition) is 3. The summed E-state index contributed by atoms with van der Waals surface area (Å²) in [5.41, 5.74) is 5.09. The first kappa shape index (κ1) is 9.84. The van der Waals surface area contributed by atoms with Crippen LogP contribution in [-0.4, -0.2) is 24.7 Å². The Balaban J connectivity index is 3.52. The summed E-state index contributed by atoms with van der Waals surface area (Å²) in [5, 5.41) is 9.54. The van der Waals surface area contributed by atoms with Gasteiger partial charge in [-0.15, -0.1) is 0 Å². The van der Waals surface area contributed by atoms with Crippen molar-refractivity contribution in [3.05, 3.63) is 12.7 Å². The molecule has 0 atom stereocenters. The average Bonchev–Trinajstić information content (AvgIpc) is 2.03. The van der Waals surface area contributed by atoms with Crippen molar-refractivity contribution in [2.24, 2.45) is 5.73 Å². The van der Waals surface area contributed by atoms with Crippen LogP contribution < -0.4 is 11.1 Å². The molecule has 0 bridgehead atoms. The smallest absolute Gasteiger partial charge is 0.269 e. The number of nitrogens with one attached hydrogen (secondary N) is 2. The number of carbonyl (C=O) groups is 1. The van der Waals surface area contributed by atoms with Gasteiger partial charge in [-0.1, -0.05) is 6.58 Å². The van der Waals surface area contributed by atoms with E-state index in [1.807, 2.05) is 0 Å². The molecule has 0 aliphatic heterocycles. The third-order valence-electron chi connectivity index (χ3n) is 1.12. The maximum absolute atomic E-state index is 10.8. The lowest BCUT2D eigenvalue weighted by Gasteiger charge is -2.00. The molecule has 0 aliphatic rings. The standard InChI is InChI=1S/C7H13N3O/c1-2-6(9)7(11)10-5-3-4-8/h2,9H,1,3-5,8H2,(H,10,11). The molecule has 0 saturated carbocycles. The lowest BCUT2D eigenvalue weighted by Crippen LogP contribution is -2.31. The van der Waals surface area contributed by atoms with Crippen molar-refractivity contribution in [3.8, 4) is 0 Å². The van der Waals surface area contributed by atoms with Gasteiger partial charge in [-0.05, 0) is 19.0 Å². The van der Waals surface area contributed by atoms with Gasteiger partial charge >= 0.3 is 0 Å². The molecule has 0 saturated heterocycles. The van der Waals surface area contributed by atoms with Crippen molar-refractivity contribution in [2.45, 2.75) is 6.42 Å². The van der Waals surface area contributed by atoms with E-state index in [4.69, 9.17) is 11.1 Å². The summed E-state index contributed by atoms with van der Waals surface area (Å²) < 4.78 is 0. The molecular weight excluding hydrogens is 142 g/mol. The predicted molar refractivity (Wildman–Crippen MR) is 44.6 cm³/mol. The summed E-state index contributed by atoms with van der Waals surface area (Å²) in [7, 11) is 0. The van der Waals surface area contributed by atoms with E-state index in [9.17, 15) is 4.79 Å². The number of amides is 1. The summed E-state index contributed by atoms with van der Waals surface area (Å²) in [6.07, 6.45) is 1.94. The van der Waals surface area contributed by atoms with Crippen LogP contribution in [0, 0.1) is 5.41 Å². The molecule has 0 aliphatic carbocycles. The van der Waals surface area contributed by atoms with Crippen LogP contribution in [0.3, 0.4) is 0 Å². The van der Waals surface area contributed by atoms with Gasteiger partial charge in [0, 0.05) is 6.54 Å². The molecule has 0 aromatic carbocycles. The summed E-state index contributed by atoms with van der Waals surface area (Å²) >= 11 is 0. The number of hydrogen-bond donors (Lipinski definition) is 3. The zero-order chi connectivity index (χ0) is 8.69. The predicted octanol–water partition coefficient (Wildman–Crippen LogP) is -0.343. The Kier molecular flexibility index (Phi) is 5.02. The van der Waals surface area contributed by atoms with Crippen LogP contribution in [-0.2, 0) is 4.79 Å². The van der Waals surface area contributed by atoms with Crippen molar-refractivity contribution < 1.29 is 4.79 Å². The first-order chi connectivity index (χ1) is 5.22. The Morgan fingerprint density at radius 1 is 1.73 bits per heavy atom. The Morgan fingerprint density at radius 2 is 2.36 bits per heavy atom. The minimum atomic E-state index is -0.395. The molecule has 4 heteroatoms. The fourth-order valence-corrected chi connectivity index (χ4v) is 0.492. The second kappa shape index (κ2) is 5.61. The largest absolute Gasteiger partial charge is 0.351 e. The van der Waals surface area contributed by atoms with Crippen molar-refractivity contribution in [1.82, 2.24) is 5.32 Å². The lowest BCUT2D eigenvalue weighted by atomic mass is 10.3. The Labute approximate surface area is 66.0 Å². The first-order valence-corrected chi connectivity index (χ1v) is 3.41. The third-order valence-corrected chi connectivity index (χ3v) is 1.12. The quantitative estimate of drug-likeness (QED) is 0.375. The van der Waals surface area contributed by atoms with E-state index in [1.54, 1.807) is 0 Å². The van der Waals surface area contributed by atoms with Gasteiger partial charge in [0.05, 0.1) is 0 Å². The molecule has 0 rings (SSSR count). The van der Waals surface area contributed by atoms with Crippen LogP contribution in [0.5, 0.6) is 0 Å². The monoisotopic (exact) mass is 155 g/mol. The molecule has 4 nitrogen and oxygen atoms in total. The fraction of sp³-hybridized carbons (Fsp3) is 0.429. The Morgan fingerprint density at radius 3 is 2.82 bits per heavy atom. The first-order valence-electron chi connectivity index (χ1n) is 3.41. The second-order valence-electron chi connectivity index (χ2n) is 2.02. The van der Waals surface area contributed by atoms with Crippen LogP contribution in [0.2, 0.25) is 0 Å². The van der Waals surface area contributed by atoms with Gasteiger partial charge in [-0.3, -0.25) is 10.2 Å². The molecular formula is C7H13N3O. The molecule has 1 amide bonds. The van der Waals surface area contributed by atoms with Gasteiger partial charge in [0.1, 0.15) is 5.71 Å². The van der Waals surface area contributed by atoms with E-state index in [0.717, 1.165) is 6.42 Å². The average molecular weight is 155 g/mol. The van der Waals surface area contributed by atoms with Crippen LogP contribution in [0.25, 0.3) is 0 Å². The highest BCUT2D eigenvalue weighted by atomic mass is 16.1. The normalized spacial score (nSPS) is 8.82. The van der Waals surface area contributed by atoms with Gasteiger partial charge in [-0.25, -0.2) is 0 Å². The summed E-state index contributed by atoms with van der Waals surface area (Å²) in [6.45, 7) is 4.36. The van der Waals surface area contributed by atoms with E-state index in [-0.39, 0.29) is 5.71 Å². The highest BCUT2D eigenvalue weighted by Crippen LogP contribution is 1.76. The maximum atomic E-state index is 10.8. The van der Waals surface area contributed by atoms with Crippen LogP contribution in [0.15, 0.2) is 12.7 Å². The summed E-state index contributed by atoms with van der Waals surface area (Å²) in [6, 6.07) is 0. The molecule has 62 valence electrons. The third kappa shape index (κ3) is 4.27. The molecule has 0 spiro atoms. The summed E-state index contributed by atoms with van der Waals surface area (Å²) in [5.74, 6) is -0.395. The Hall–Kier alpha value is -1.16. The molecule has 11 heavy (non-hydrogen) atoms. The zero-order valence-corrected chi connectivity index (χ0v) is 6.39. The van der Waals surface area contributed by atoms with Crippen LogP contribution >= 0.6 is 0 Å². The van der Waals surface area contributed by atoms with Gasteiger partial charge in [-0.2, -0.15) is 0 Å². The number of carbonyl (C=O) groups excluding carboxylic acids is 1. The minimum Gasteiger partial charge on any atom is -0.351 e. The van der Waals surface area contributed by atoms with E-state index < -0.39 is 5.91 Å². The van der Waals surface area contributed by atoms with Gasteiger partial charge in [0.15, 0.2) is 0 Å². The van der Waals surface area contributed by atoms with E-state index >= 15 is 0 Å². The topological polar surface area (TPSA) is 79.0 Å². The SMILES string of the molecule is C=CC(=N)C(=O)NCCCN. The number of rotatable bonds is 5. The van der Waals surface area contributed by atoms with E-state index in [1.165, 1.54) is 6.08 Å². The van der Waals surface area contributed by atoms with Crippen molar-refractivity contribution in [3.63, 3.8) is 0 Å². The fourth-order valence-electron chi connectivity index (χ4n) is 0.492. The minimum absolute atomic E-state index is 0.109. The molecule has 0 fully saturated rings. The zero-order valence-electron chi connectivity index (χ0n) is 6.39. The number of nitrogens with two attached hydrogens (primary N) is 1.